The van der Waals surface area contributed by atoms with E-state index in [4.69, 9.17) is 11.6 Å². The van der Waals surface area contributed by atoms with Crippen molar-refractivity contribution in [1.29, 1.82) is 0 Å². The number of anilines is 1. The molecule has 2 saturated heterocycles. The van der Waals surface area contributed by atoms with Crippen molar-refractivity contribution in [3.8, 4) is 0 Å². The smallest absolute Gasteiger partial charge is 0.230 e. The Morgan fingerprint density at radius 1 is 1.17 bits per heavy atom. The molecule has 0 bridgehead atoms. The number of piperazine rings is 1. The molecule has 1 aromatic carbocycles. The third-order valence-electron chi connectivity index (χ3n) is 8.12. The van der Waals surface area contributed by atoms with E-state index in [1.54, 1.807) is 0 Å². The van der Waals surface area contributed by atoms with Crippen LogP contribution < -0.4 is 10.3 Å². The molecule has 5 rings (SSSR count). The van der Waals surface area contributed by atoms with Gasteiger partial charge in [-0.25, -0.2) is 0 Å². The van der Waals surface area contributed by atoms with E-state index in [0.29, 0.717) is 38.4 Å². The summed E-state index contributed by atoms with van der Waals surface area (Å²) >= 11 is 6.22. The summed E-state index contributed by atoms with van der Waals surface area (Å²) in [5.74, 6) is 1.80. The number of rotatable bonds is 6. The lowest BCUT2D eigenvalue weighted by molar-refractivity contribution is -0.156. The van der Waals surface area contributed by atoms with Crippen LogP contribution in [0.25, 0.3) is 0 Å². The number of carbonyl (C=O) groups excluding carboxylic acids is 2. The Morgan fingerprint density at radius 3 is 2.67 bits per heavy atom. The van der Waals surface area contributed by atoms with Gasteiger partial charge in [-0.1, -0.05) is 44.4 Å². The molecule has 0 aromatic heterocycles. The van der Waals surface area contributed by atoms with Crippen molar-refractivity contribution in [1.82, 2.24) is 20.1 Å². The first-order chi connectivity index (χ1) is 17.3. The average molecular weight is 515 g/mol. The lowest BCUT2D eigenvalue weighted by atomic mass is 9.80. The molecule has 1 saturated carbocycles. The van der Waals surface area contributed by atoms with Crippen molar-refractivity contribution >= 4 is 34.9 Å². The Morgan fingerprint density at radius 2 is 1.92 bits per heavy atom. The summed E-state index contributed by atoms with van der Waals surface area (Å²) in [6.45, 7) is 10.1. The number of nitrogens with one attached hydrogen (secondary N) is 1. The third-order valence-corrected chi connectivity index (χ3v) is 8.36. The molecule has 3 heterocycles. The number of aryl methyl sites for hydroxylation is 1. The number of nitrogens with zero attached hydrogens (tertiary/aromatic N) is 5. The predicted octanol–water partition coefficient (Wildman–Crippen LogP) is 3.64. The molecular formula is C27H39ClN6O2. The van der Waals surface area contributed by atoms with Crippen LogP contribution in [0.4, 0.5) is 5.69 Å². The number of hydrogen-bond acceptors (Lipinski definition) is 6. The number of hydrogen-bond donors (Lipinski definition) is 1. The third kappa shape index (κ3) is 4.89. The number of halogens is 1. The molecule has 9 heteroatoms. The van der Waals surface area contributed by atoms with Gasteiger partial charge in [0.15, 0.2) is 6.29 Å². The highest BCUT2D eigenvalue weighted by molar-refractivity contribution is 6.30. The summed E-state index contributed by atoms with van der Waals surface area (Å²) < 4.78 is 0. The number of amidine groups is 1. The minimum absolute atomic E-state index is 0.0394. The molecule has 1 aliphatic carbocycles. The minimum atomic E-state index is -0.214. The van der Waals surface area contributed by atoms with Crippen LogP contribution in [0.1, 0.15) is 57.9 Å². The minimum Gasteiger partial charge on any atom is -0.368 e. The fourth-order valence-electron chi connectivity index (χ4n) is 6.32. The zero-order valence-corrected chi connectivity index (χ0v) is 22.5. The number of amides is 2. The van der Waals surface area contributed by atoms with Crippen LogP contribution in [0, 0.1) is 18.8 Å². The monoisotopic (exact) mass is 514 g/mol. The summed E-state index contributed by atoms with van der Waals surface area (Å²) in [5, 5.41) is 5.40. The highest BCUT2D eigenvalue weighted by atomic mass is 35.5. The van der Waals surface area contributed by atoms with Gasteiger partial charge in [-0.3, -0.25) is 15.0 Å². The SMILES string of the molecule is Cc1ccc(Cl)cc1N1CCN(C(=O)CCC2=NNC3N(CC(C)C)C(=O)C4CCCCC4N23)CC1. The first-order valence-electron chi connectivity index (χ1n) is 13.5. The molecule has 3 fully saturated rings. The van der Waals surface area contributed by atoms with Gasteiger partial charge in [-0.2, -0.15) is 5.10 Å². The van der Waals surface area contributed by atoms with Crippen molar-refractivity contribution in [3.63, 3.8) is 0 Å². The van der Waals surface area contributed by atoms with E-state index in [2.05, 4.69) is 41.1 Å². The van der Waals surface area contributed by atoms with Gasteiger partial charge in [0, 0.05) is 62.3 Å². The molecular weight excluding hydrogens is 476 g/mol. The Balaban J connectivity index is 1.20. The topological polar surface area (TPSA) is 71.5 Å². The first-order valence-corrected chi connectivity index (χ1v) is 13.9. The summed E-state index contributed by atoms with van der Waals surface area (Å²) in [7, 11) is 0. The van der Waals surface area contributed by atoms with Crippen molar-refractivity contribution in [2.75, 3.05) is 37.6 Å². The number of carbonyl (C=O) groups is 2. The Labute approximate surface area is 219 Å². The predicted molar refractivity (Wildman–Crippen MR) is 143 cm³/mol. The Hall–Kier alpha value is -2.48. The van der Waals surface area contributed by atoms with Gasteiger partial charge in [0.25, 0.3) is 0 Å². The average Bonchev–Trinajstić information content (AvgIpc) is 3.30. The van der Waals surface area contributed by atoms with Crippen LogP contribution >= 0.6 is 11.6 Å². The van der Waals surface area contributed by atoms with Crippen molar-refractivity contribution in [2.24, 2.45) is 16.9 Å². The molecule has 1 aromatic rings. The standard InChI is InChI=1S/C27H39ClN6O2/c1-18(2)17-33-26(36)21-6-4-5-7-22(21)34-24(29-30-27(33)34)10-11-25(35)32-14-12-31(13-15-32)23-16-20(28)9-8-19(23)3/h8-9,16,18,21-22,27,30H,4-7,10-15,17H2,1-3H3. The Kier molecular flexibility index (Phi) is 7.33. The van der Waals surface area contributed by atoms with E-state index in [9.17, 15) is 9.59 Å². The van der Waals surface area contributed by atoms with Crippen molar-refractivity contribution < 1.29 is 9.59 Å². The first kappa shape index (κ1) is 25.2. The van der Waals surface area contributed by atoms with E-state index in [-0.39, 0.29) is 30.1 Å². The van der Waals surface area contributed by atoms with Gasteiger partial charge in [0.1, 0.15) is 5.84 Å². The molecule has 3 atom stereocenters. The van der Waals surface area contributed by atoms with Crippen LogP contribution in [0.5, 0.6) is 0 Å². The van der Waals surface area contributed by atoms with Gasteiger partial charge in [-0.05, 0) is 43.4 Å². The molecule has 8 nitrogen and oxygen atoms in total. The van der Waals surface area contributed by atoms with Gasteiger partial charge in [0.05, 0.1) is 5.92 Å². The molecule has 196 valence electrons. The number of fused-ring (bicyclic) bond motifs is 3. The normalized spacial score (nSPS) is 26.1. The maximum Gasteiger partial charge on any atom is 0.230 e. The summed E-state index contributed by atoms with van der Waals surface area (Å²) in [6.07, 6.45) is 5.04. The highest BCUT2D eigenvalue weighted by Crippen LogP contribution is 2.38. The van der Waals surface area contributed by atoms with E-state index in [1.165, 1.54) is 5.56 Å². The largest absolute Gasteiger partial charge is 0.368 e. The molecule has 0 radical (unpaired) electrons. The van der Waals surface area contributed by atoms with E-state index in [0.717, 1.165) is 55.3 Å². The number of benzene rings is 1. The van der Waals surface area contributed by atoms with E-state index < -0.39 is 0 Å². The molecule has 0 spiro atoms. The maximum atomic E-state index is 13.3. The van der Waals surface area contributed by atoms with Gasteiger partial charge >= 0.3 is 0 Å². The van der Waals surface area contributed by atoms with Crippen molar-refractivity contribution in [3.05, 3.63) is 28.8 Å². The lowest BCUT2D eigenvalue weighted by Crippen LogP contribution is -2.67. The quantitative estimate of drug-likeness (QED) is 0.627. The zero-order valence-electron chi connectivity index (χ0n) is 21.8. The summed E-state index contributed by atoms with van der Waals surface area (Å²) in [5.41, 5.74) is 5.60. The molecule has 4 aliphatic rings. The summed E-state index contributed by atoms with van der Waals surface area (Å²) in [4.78, 5) is 35.1. The van der Waals surface area contributed by atoms with Crippen LogP contribution in [-0.4, -0.2) is 77.4 Å². The fraction of sp³-hybridized carbons (Fsp3) is 0.667. The second kappa shape index (κ2) is 10.5. The zero-order chi connectivity index (χ0) is 25.4. The maximum absolute atomic E-state index is 13.3. The van der Waals surface area contributed by atoms with E-state index in [1.807, 2.05) is 28.0 Å². The van der Waals surface area contributed by atoms with Crippen LogP contribution in [-0.2, 0) is 9.59 Å². The fourth-order valence-corrected chi connectivity index (χ4v) is 6.48. The van der Waals surface area contributed by atoms with Crippen molar-refractivity contribution in [2.45, 2.75) is 71.6 Å². The molecule has 2 amide bonds. The van der Waals surface area contributed by atoms with Crippen LogP contribution in [0.15, 0.2) is 23.3 Å². The summed E-state index contributed by atoms with van der Waals surface area (Å²) in [6, 6.07) is 6.17. The number of hydrazone groups is 1. The highest BCUT2D eigenvalue weighted by Gasteiger charge is 2.50. The van der Waals surface area contributed by atoms with Gasteiger partial charge in [0.2, 0.25) is 11.8 Å². The van der Waals surface area contributed by atoms with Crippen LogP contribution in [0.2, 0.25) is 5.02 Å². The second-order valence-electron chi connectivity index (χ2n) is 11.1. The van der Waals surface area contributed by atoms with E-state index >= 15 is 0 Å². The molecule has 1 N–H and O–H groups in total. The van der Waals surface area contributed by atoms with Gasteiger partial charge in [-0.15, -0.1) is 0 Å². The van der Waals surface area contributed by atoms with Crippen LogP contribution in [0.3, 0.4) is 0 Å². The Bertz CT molecular complexity index is 1020. The molecule has 3 unspecified atom stereocenters. The second-order valence-corrected chi connectivity index (χ2v) is 11.5. The van der Waals surface area contributed by atoms with Gasteiger partial charge < -0.3 is 19.6 Å². The lowest BCUT2D eigenvalue weighted by Gasteiger charge is -2.51. The molecule has 36 heavy (non-hydrogen) atoms. The molecule has 3 aliphatic heterocycles.